The van der Waals surface area contributed by atoms with Gasteiger partial charge in [-0.15, -0.1) is 0 Å². The van der Waals surface area contributed by atoms with E-state index in [9.17, 15) is 0 Å². The molecule has 0 spiro atoms. The Labute approximate surface area is 148 Å². The number of nitriles is 1. The second kappa shape index (κ2) is 8.46. The number of nitrogens with zero attached hydrogens (tertiary/aromatic N) is 1. The third-order valence-corrected chi connectivity index (χ3v) is 3.71. The van der Waals surface area contributed by atoms with Gasteiger partial charge >= 0.3 is 0 Å². The number of anilines is 1. The highest BCUT2D eigenvalue weighted by molar-refractivity contribution is 5.66. The highest BCUT2D eigenvalue weighted by Gasteiger charge is 2.06. The number of hydrogen-bond donors (Lipinski definition) is 4. The zero-order chi connectivity index (χ0) is 18.2. The van der Waals surface area contributed by atoms with Gasteiger partial charge in [0.15, 0.2) is 0 Å². The summed E-state index contributed by atoms with van der Waals surface area (Å²) in [7, 11) is 0. The minimum Gasteiger partial charge on any atom is -0.390 e. The lowest BCUT2D eigenvalue weighted by Crippen LogP contribution is -2.15. The molecule has 2 rings (SSSR count). The van der Waals surface area contributed by atoms with Gasteiger partial charge in [0.1, 0.15) is 17.6 Å². The fourth-order valence-electron chi connectivity index (χ4n) is 2.39. The van der Waals surface area contributed by atoms with Crippen LogP contribution < -0.4 is 22.1 Å². The summed E-state index contributed by atoms with van der Waals surface area (Å²) >= 11 is 0. The zero-order valence-corrected chi connectivity index (χ0v) is 14.3. The summed E-state index contributed by atoms with van der Waals surface area (Å²) in [5, 5.41) is 15.0. The van der Waals surface area contributed by atoms with Crippen molar-refractivity contribution in [1.82, 2.24) is 5.32 Å². The van der Waals surface area contributed by atoms with Crippen LogP contribution in [0, 0.1) is 11.3 Å². The average molecular weight is 333 g/mol. The van der Waals surface area contributed by atoms with Crippen LogP contribution in [0.15, 0.2) is 77.8 Å². The molecular weight excluding hydrogens is 310 g/mol. The first-order valence-corrected chi connectivity index (χ1v) is 7.96. The third-order valence-electron chi connectivity index (χ3n) is 3.71. The van der Waals surface area contributed by atoms with Crippen LogP contribution in [0.1, 0.15) is 18.9 Å². The van der Waals surface area contributed by atoms with E-state index in [-0.39, 0.29) is 5.70 Å². The van der Waals surface area contributed by atoms with Gasteiger partial charge in [-0.1, -0.05) is 36.4 Å². The van der Waals surface area contributed by atoms with Crippen molar-refractivity contribution < 1.29 is 0 Å². The van der Waals surface area contributed by atoms with Crippen molar-refractivity contribution in [2.75, 3.05) is 11.9 Å². The van der Waals surface area contributed by atoms with E-state index in [1.807, 2.05) is 30.3 Å². The van der Waals surface area contributed by atoms with Gasteiger partial charge in [0, 0.05) is 17.9 Å². The topological polar surface area (TPSA) is 99.9 Å². The van der Waals surface area contributed by atoms with Crippen molar-refractivity contribution >= 4 is 11.4 Å². The maximum absolute atomic E-state index is 8.62. The summed E-state index contributed by atoms with van der Waals surface area (Å²) in [6, 6.07) is 9.61. The molecule has 6 N–H and O–H groups in total. The van der Waals surface area contributed by atoms with E-state index in [1.54, 1.807) is 6.08 Å². The van der Waals surface area contributed by atoms with E-state index in [2.05, 4.69) is 36.3 Å². The number of nitrogens with two attached hydrogens (primary N) is 2. The van der Waals surface area contributed by atoms with Crippen LogP contribution in [0.2, 0.25) is 0 Å². The molecule has 25 heavy (non-hydrogen) atoms. The Morgan fingerprint density at radius 1 is 1.32 bits per heavy atom. The highest BCUT2D eigenvalue weighted by Crippen LogP contribution is 2.20. The molecule has 1 aliphatic carbocycles. The summed E-state index contributed by atoms with van der Waals surface area (Å²) in [6.07, 6.45) is 8.33. The molecule has 0 atom stereocenters. The van der Waals surface area contributed by atoms with Crippen LogP contribution in [0.5, 0.6) is 0 Å². The smallest absolute Gasteiger partial charge is 0.117 e. The van der Waals surface area contributed by atoms with Crippen molar-refractivity contribution in [3.05, 3.63) is 83.4 Å². The average Bonchev–Trinajstić information content (AvgIpc) is 3.03. The van der Waals surface area contributed by atoms with Crippen molar-refractivity contribution in [3.63, 3.8) is 0 Å². The Bertz CT molecular complexity index is 819. The molecule has 1 aromatic carbocycles. The molecule has 0 radical (unpaired) electrons. The van der Waals surface area contributed by atoms with Gasteiger partial charge < -0.3 is 22.1 Å². The Morgan fingerprint density at radius 3 is 2.80 bits per heavy atom. The molecule has 0 fully saturated rings. The number of hydrogen-bond acceptors (Lipinski definition) is 5. The van der Waals surface area contributed by atoms with E-state index in [1.165, 1.54) is 17.2 Å². The van der Waals surface area contributed by atoms with Crippen LogP contribution >= 0.6 is 0 Å². The molecule has 0 amide bonds. The van der Waals surface area contributed by atoms with Crippen molar-refractivity contribution in [3.8, 4) is 6.07 Å². The summed E-state index contributed by atoms with van der Waals surface area (Å²) < 4.78 is 0. The Morgan fingerprint density at radius 2 is 2.12 bits per heavy atom. The fraction of sp³-hybridized carbons (Fsp3) is 0.150. The molecule has 1 aliphatic rings. The van der Waals surface area contributed by atoms with Crippen LogP contribution in [-0.4, -0.2) is 6.54 Å². The molecule has 0 aliphatic heterocycles. The monoisotopic (exact) mass is 333 g/mol. The second-order valence-corrected chi connectivity index (χ2v) is 5.91. The first-order valence-electron chi connectivity index (χ1n) is 7.96. The Kier molecular flexibility index (Phi) is 6.08. The Balaban J connectivity index is 1.96. The molecule has 0 saturated carbocycles. The molecule has 5 heteroatoms. The van der Waals surface area contributed by atoms with E-state index in [4.69, 9.17) is 16.7 Å². The standard InChI is InChI=1S/C20H23N5/c1-14-6-7-16(10-14)13-24-15(2)17-4-3-5-19(11-17)25-20(23)9-8-18(22)12-21/h3-9,11,24-25H,2,10,13,22-23H2,1H3/b18-8-,20-9+. The molecular formula is C20H23N5. The van der Waals surface area contributed by atoms with Gasteiger partial charge in [-0.05, 0) is 48.8 Å². The van der Waals surface area contributed by atoms with Crippen LogP contribution in [0.3, 0.4) is 0 Å². The van der Waals surface area contributed by atoms with Gasteiger partial charge in [-0.25, -0.2) is 0 Å². The van der Waals surface area contributed by atoms with Crippen molar-refractivity contribution in [2.45, 2.75) is 13.3 Å². The molecule has 128 valence electrons. The lowest BCUT2D eigenvalue weighted by molar-refractivity contribution is 0.925. The predicted molar refractivity (Wildman–Crippen MR) is 104 cm³/mol. The molecule has 0 saturated heterocycles. The molecule has 0 heterocycles. The number of benzene rings is 1. The molecule has 0 bridgehead atoms. The minimum atomic E-state index is 0.0991. The van der Waals surface area contributed by atoms with Crippen molar-refractivity contribution in [2.24, 2.45) is 11.5 Å². The van der Waals surface area contributed by atoms with Crippen LogP contribution in [0.25, 0.3) is 5.70 Å². The minimum absolute atomic E-state index is 0.0991. The Hall–Kier alpha value is -3.39. The third kappa shape index (κ3) is 5.63. The van der Waals surface area contributed by atoms with Crippen LogP contribution in [-0.2, 0) is 0 Å². The molecule has 0 unspecified atom stereocenters. The summed E-state index contributed by atoms with van der Waals surface area (Å²) in [6.45, 7) is 7.02. The lowest BCUT2D eigenvalue weighted by Gasteiger charge is -2.13. The largest absolute Gasteiger partial charge is 0.390 e. The lowest BCUT2D eigenvalue weighted by atomic mass is 10.1. The van der Waals surface area contributed by atoms with E-state index < -0.39 is 0 Å². The van der Waals surface area contributed by atoms with Gasteiger partial charge in [-0.3, -0.25) is 0 Å². The van der Waals surface area contributed by atoms with Gasteiger partial charge in [-0.2, -0.15) is 5.26 Å². The molecule has 0 aromatic heterocycles. The van der Waals surface area contributed by atoms with Gasteiger partial charge in [0.05, 0.1) is 0 Å². The first kappa shape index (κ1) is 18.0. The summed E-state index contributed by atoms with van der Waals surface area (Å²) in [4.78, 5) is 0. The SMILES string of the molecule is C=C(NCC1=CC=C(C)C1)c1cccc(N/C(N)=C/C=C(\N)C#N)c1. The summed E-state index contributed by atoms with van der Waals surface area (Å²) in [5.74, 6) is 0.395. The van der Waals surface area contributed by atoms with Gasteiger partial charge in [0.2, 0.25) is 0 Å². The first-order chi connectivity index (χ1) is 12.0. The molecule has 1 aromatic rings. The van der Waals surface area contributed by atoms with Gasteiger partial charge in [0.25, 0.3) is 0 Å². The number of allylic oxidation sites excluding steroid dienone is 6. The number of rotatable bonds is 7. The zero-order valence-electron chi connectivity index (χ0n) is 14.3. The van der Waals surface area contributed by atoms with E-state index in [0.29, 0.717) is 5.82 Å². The fourth-order valence-corrected chi connectivity index (χ4v) is 2.39. The highest BCUT2D eigenvalue weighted by atomic mass is 15.0. The maximum Gasteiger partial charge on any atom is 0.117 e. The quantitative estimate of drug-likeness (QED) is 0.454. The van der Waals surface area contributed by atoms with Crippen LogP contribution in [0.4, 0.5) is 5.69 Å². The van der Waals surface area contributed by atoms with E-state index >= 15 is 0 Å². The molecule has 5 nitrogen and oxygen atoms in total. The maximum atomic E-state index is 8.62. The normalized spacial score (nSPS) is 14.4. The summed E-state index contributed by atoms with van der Waals surface area (Å²) in [5.41, 5.74) is 16.8. The predicted octanol–water partition coefficient (Wildman–Crippen LogP) is 3.10. The second-order valence-electron chi connectivity index (χ2n) is 5.91. The number of nitrogens with one attached hydrogen (secondary N) is 2. The van der Waals surface area contributed by atoms with Crippen molar-refractivity contribution in [1.29, 1.82) is 5.26 Å². The van der Waals surface area contributed by atoms with E-state index in [0.717, 1.165) is 29.9 Å².